The van der Waals surface area contributed by atoms with E-state index in [9.17, 15) is 26.0 Å². The van der Waals surface area contributed by atoms with E-state index in [1.54, 1.807) is 0 Å². The molecule has 0 unspecified atom stereocenters. The lowest BCUT2D eigenvalue weighted by Crippen LogP contribution is -2.13. The number of halogens is 4. The zero-order chi connectivity index (χ0) is 16.3. The van der Waals surface area contributed by atoms with Crippen LogP contribution in [0.3, 0.4) is 0 Å². The van der Waals surface area contributed by atoms with Crippen molar-refractivity contribution in [3.63, 3.8) is 0 Å². The summed E-state index contributed by atoms with van der Waals surface area (Å²) in [6.45, 7) is 0. The van der Waals surface area contributed by atoms with Crippen LogP contribution in [0.15, 0.2) is 53.4 Å². The molecular weight excluding hydrogens is 322 g/mol. The van der Waals surface area contributed by atoms with Crippen LogP contribution in [-0.4, -0.2) is 8.42 Å². The van der Waals surface area contributed by atoms with Gasteiger partial charge in [-0.1, -0.05) is 24.3 Å². The number of alkyl halides is 4. The second kappa shape index (κ2) is 6.35. The largest absolute Gasteiger partial charge is 0.280 e. The molecule has 0 radical (unpaired) electrons. The first-order valence-corrected chi connectivity index (χ1v) is 7.57. The van der Waals surface area contributed by atoms with Crippen LogP contribution < -0.4 is 4.72 Å². The summed E-state index contributed by atoms with van der Waals surface area (Å²) in [5.74, 6) is 0. The maximum absolute atomic E-state index is 12.6. The molecule has 2 aromatic carbocycles. The van der Waals surface area contributed by atoms with Crippen LogP contribution in [0.25, 0.3) is 0 Å². The minimum atomic E-state index is -4.14. The Hall–Kier alpha value is -2.09. The van der Waals surface area contributed by atoms with Gasteiger partial charge < -0.3 is 0 Å². The van der Waals surface area contributed by atoms with Crippen molar-refractivity contribution in [3.8, 4) is 0 Å². The van der Waals surface area contributed by atoms with Gasteiger partial charge in [0.15, 0.2) is 0 Å². The molecule has 0 saturated heterocycles. The van der Waals surface area contributed by atoms with Crippen LogP contribution in [0.2, 0.25) is 0 Å². The van der Waals surface area contributed by atoms with E-state index >= 15 is 0 Å². The van der Waals surface area contributed by atoms with Gasteiger partial charge >= 0.3 is 0 Å². The summed E-state index contributed by atoms with van der Waals surface area (Å²) in [7, 11) is -4.14. The molecule has 2 aromatic rings. The Balaban J connectivity index is 2.32. The summed E-state index contributed by atoms with van der Waals surface area (Å²) < 4.78 is 76.7. The van der Waals surface area contributed by atoms with Crippen LogP contribution in [-0.2, 0) is 10.0 Å². The average molecular weight is 333 g/mol. The average Bonchev–Trinajstić information content (AvgIpc) is 2.47. The molecular formula is C14H11F4NO2S. The van der Waals surface area contributed by atoms with Gasteiger partial charge in [-0.05, 0) is 24.3 Å². The predicted molar refractivity (Wildman–Crippen MR) is 73.6 cm³/mol. The van der Waals surface area contributed by atoms with E-state index in [4.69, 9.17) is 0 Å². The smallest absolute Gasteiger partial charge is 0.263 e. The monoisotopic (exact) mass is 333 g/mol. The molecule has 0 aliphatic carbocycles. The van der Waals surface area contributed by atoms with Crippen molar-refractivity contribution < 1.29 is 26.0 Å². The van der Waals surface area contributed by atoms with Crippen molar-refractivity contribution in [1.82, 2.24) is 0 Å². The predicted octanol–water partition coefficient (Wildman–Crippen LogP) is 4.36. The van der Waals surface area contributed by atoms with Crippen molar-refractivity contribution in [1.29, 1.82) is 0 Å². The summed E-state index contributed by atoms with van der Waals surface area (Å²) in [6, 6.07) is 8.97. The van der Waals surface area contributed by atoms with Crippen LogP contribution in [0, 0.1) is 0 Å². The summed E-state index contributed by atoms with van der Waals surface area (Å²) in [5, 5.41) is 0. The molecule has 3 nitrogen and oxygen atoms in total. The van der Waals surface area contributed by atoms with Gasteiger partial charge in [-0.25, -0.2) is 26.0 Å². The van der Waals surface area contributed by atoms with Crippen molar-refractivity contribution in [2.75, 3.05) is 4.72 Å². The Morgan fingerprint density at radius 3 is 1.95 bits per heavy atom. The summed E-state index contributed by atoms with van der Waals surface area (Å²) in [4.78, 5) is -0.368. The van der Waals surface area contributed by atoms with E-state index in [1.165, 1.54) is 18.2 Å². The van der Waals surface area contributed by atoms with E-state index in [-0.39, 0.29) is 16.1 Å². The Kier molecular flexibility index (Phi) is 4.70. The van der Waals surface area contributed by atoms with Crippen molar-refractivity contribution in [3.05, 3.63) is 59.7 Å². The van der Waals surface area contributed by atoms with Gasteiger partial charge in [0.2, 0.25) is 0 Å². The van der Waals surface area contributed by atoms with Crippen LogP contribution in [0.1, 0.15) is 24.0 Å². The molecule has 0 bridgehead atoms. The summed E-state index contributed by atoms with van der Waals surface area (Å²) in [6.07, 6.45) is -5.55. The molecule has 22 heavy (non-hydrogen) atoms. The second-order valence-electron chi connectivity index (χ2n) is 4.40. The topological polar surface area (TPSA) is 46.2 Å². The number of anilines is 1. The van der Waals surface area contributed by atoms with E-state index < -0.39 is 28.4 Å². The van der Waals surface area contributed by atoms with Gasteiger partial charge in [0.1, 0.15) is 0 Å². The van der Waals surface area contributed by atoms with Crippen LogP contribution in [0.5, 0.6) is 0 Å². The molecule has 0 spiro atoms. The Bertz CT molecular complexity index is 763. The number of hydrogen-bond acceptors (Lipinski definition) is 2. The van der Waals surface area contributed by atoms with Gasteiger partial charge in [-0.15, -0.1) is 0 Å². The summed E-state index contributed by atoms with van der Waals surface area (Å²) >= 11 is 0. The Morgan fingerprint density at radius 1 is 0.818 bits per heavy atom. The maximum Gasteiger partial charge on any atom is 0.263 e. The minimum Gasteiger partial charge on any atom is -0.280 e. The first kappa shape index (κ1) is 16.3. The molecule has 118 valence electrons. The minimum absolute atomic E-state index is 0.0692. The van der Waals surface area contributed by atoms with E-state index in [0.717, 1.165) is 30.3 Å². The lowest BCUT2D eigenvalue weighted by atomic mass is 10.2. The highest BCUT2D eigenvalue weighted by Crippen LogP contribution is 2.25. The highest BCUT2D eigenvalue weighted by molar-refractivity contribution is 7.92. The molecule has 0 fully saturated rings. The van der Waals surface area contributed by atoms with Crippen LogP contribution >= 0.6 is 0 Å². The standard InChI is InChI=1S/C14H11F4NO2S/c15-13(16)9-3-1-5-11(7-9)19-22(20,21)12-6-2-4-10(8-12)14(17)18/h1-8,13-14,19H. The van der Waals surface area contributed by atoms with Gasteiger partial charge in [-0.3, -0.25) is 4.72 Å². The lowest BCUT2D eigenvalue weighted by Gasteiger charge is -2.10. The van der Waals surface area contributed by atoms with Gasteiger partial charge in [0.05, 0.1) is 4.90 Å². The fraction of sp³-hybridized carbons (Fsp3) is 0.143. The SMILES string of the molecule is O=S(=O)(Nc1cccc(C(F)F)c1)c1cccc(C(F)F)c1. The second-order valence-corrected chi connectivity index (χ2v) is 6.09. The molecule has 2 rings (SSSR count). The van der Waals surface area contributed by atoms with E-state index in [1.807, 2.05) is 0 Å². The highest BCUT2D eigenvalue weighted by Gasteiger charge is 2.18. The lowest BCUT2D eigenvalue weighted by molar-refractivity contribution is 0.151. The zero-order valence-electron chi connectivity index (χ0n) is 11.0. The fourth-order valence-electron chi connectivity index (χ4n) is 1.77. The third kappa shape index (κ3) is 3.76. The van der Waals surface area contributed by atoms with E-state index in [0.29, 0.717) is 0 Å². The molecule has 0 aliphatic heterocycles. The fourth-order valence-corrected chi connectivity index (χ4v) is 2.87. The number of sulfonamides is 1. The molecule has 0 saturated carbocycles. The van der Waals surface area contributed by atoms with Crippen molar-refractivity contribution in [2.24, 2.45) is 0 Å². The number of hydrogen-bond donors (Lipinski definition) is 1. The number of benzene rings is 2. The molecule has 0 atom stereocenters. The molecule has 0 amide bonds. The van der Waals surface area contributed by atoms with E-state index in [2.05, 4.69) is 4.72 Å². The molecule has 0 aliphatic rings. The third-order valence-corrected chi connectivity index (χ3v) is 4.19. The number of rotatable bonds is 5. The number of nitrogens with one attached hydrogen (secondary N) is 1. The first-order valence-electron chi connectivity index (χ1n) is 6.08. The van der Waals surface area contributed by atoms with Crippen molar-refractivity contribution in [2.45, 2.75) is 17.7 Å². The Labute approximate surface area is 124 Å². The molecule has 0 aromatic heterocycles. The normalized spacial score (nSPS) is 11.9. The quantitative estimate of drug-likeness (QED) is 0.826. The van der Waals surface area contributed by atoms with Gasteiger partial charge in [-0.2, -0.15) is 0 Å². The summed E-state index contributed by atoms with van der Waals surface area (Å²) in [5.41, 5.74) is -0.856. The maximum atomic E-state index is 12.6. The third-order valence-electron chi connectivity index (χ3n) is 2.81. The van der Waals surface area contributed by atoms with Crippen LogP contribution in [0.4, 0.5) is 23.2 Å². The molecule has 8 heteroatoms. The highest BCUT2D eigenvalue weighted by atomic mass is 32.2. The van der Waals surface area contributed by atoms with Gasteiger partial charge in [0, 0.05) is 16.8 Å². The Morgan fingerprint density at radius 2 is 1.36 bits per heavy atom. The zero-order valence-corrected chi connectivity index (χ0v) is 11.8. The molecule has 0 heterocycles. The first-order chi connectivity index (χ1) is 10.3. The van der Waals surface area contributed by atoms with Crippen molar-refractivity contribution >= 4 is 15.7 Å². The molecule has 1 N–H and O–H groups in total. The van der Waals surface area contributed by atoms with Gasteiger partial charge in [0.25, 0.3) is 22.9 Å².